The number of aromatic nitrogens is 12. The summed E-state index contributed by atoms with van der Waals surface area (Å²) in [5.41, 5.74) is 7.79. The van der Waals surface area contributed by atoms with Crippen molar-refractivity contribution in [1.29, 1.82) is 0 Å². The molecular formula is C28H18N12. The van der Waals surface area contributed by atoms with Crippen LogP contribution in [0.5, 0.6) is 0 Å². The number of aromatic amines is 2. The maximum Gasteiger partial charge on any atom is 0.198 e. The third-order valence-electron chi connectivity index (χ3n) is 6.20. The van der Waals surface area contributed by atoms with Crippen LogP contribution in [-0.2, 0) is 0 Å². The van der Waals surface area contributed by atoms with E-state index in [0.717, 1.165) is 22.4 Å². The lowest BCUT2D eigenvalue weighted by molar-refractivity contribution is 0.881. The lowest BCUT2D eigenvalue weighted by atomic mass is 10.0. The molecule has 0 spiro atoms. The SMILES string of the molecule is c1ccc(-c2ccc(-c3cc(-c4cccc(-c5nnn[nH]5)n4)nc(-c4cccc(-c5nnn[nH]5)n4)c3)cc2)nc1. The molecule has 12 nitrogen and oxygen atoms in total. The van der Waals surface area contributed by atoms with Gasteiger partial charge in [0.1, 0.15) is 11.4 Å². The van der Waals surface area contributed by atoms with E-state index < -0.39 is 0 Å². The Morgan fingerprint density at radius 1 is 0.425 bits per heavy atom. The molecule has 0 aliphatic rings. The monoisotopic (exact) mass is 522 g/mol. The van der Waals surface area contributed by atoms with Gasteiger partial charge in [0.25, 0.3) is 0 Å². The minimum Gasteiger partial charge on any atom is -0.256 e. The van der Waals surface area contributed by atoms with E-state index in [1.807, 2.05) is 66.7 Å². The van der Waals surface area contributed by atoms with Crippen molar-refractivity contribution in [2.45, 2.75) is 0 Å². The molecule has 0 amide bonds. The standard InChI is InChI=1S/C28H18N12/c1-2-14-29-20(5-1)18-12-10-17(11-13-18)19-15-25(21-6-3-8-23(30-21)27-33-37-38-34-27)32-26(16-19)22-7-4-9-24(31-22)28-35-39-40-36-28/h1-16H,(H,33,34,37,38)(H,35,36,39,40). The van der Waals surface area contributed by atoms with Crippen molar-refractivity contribution in [3.05, 3.63) is 97.2 Å². The van der Waals surface area contributed by atoms with Gasteiger partial charge in [0.15, 0.2) is 11.6 Å². The van der Waals surface area contributed by atoms with E-state index in [-0.39, 0.29) is 0 Å². The van der Waals surface area contributed by atoms with Gasteiger partial charge in [-0.2, -0.15) is 0 Å². The lowest BCUT2D eigenvalue weighted by Gasteiger charge is -2.11. The van der Waals surface area contributed by atoms with Gasteiger partial charge in [-0.25, -0.2) is 25.1 Å². The van der Waals surface area contributed by atoms with Crippen LogP contribution in [0.2, 0.25) is 0 Å². The summed E-state index contributed by atoms with van der Waals surface area (Å²) in [6.45, 7) is 0. The molecule has 2 N–H and O–H groups in total. The van der Waals surface area contributed by atoms with Crippen molar-refractivity contribution in [3.8, 4) is 68.2 Å². The van der Waals surface area contributed by atoms with E-state index in [0.29, 0.717) is 45.8 Å². The van der Waals surface area contributed by atoms with Crippen molar-refractivity contribution >= 4 is 0 Å². The molecule has 0 bridgehead atoms. The first-order chi connectivity index (χ1) is 19.8. The fourth-order valence-corrected chi connectivity index (χ4v) is 4.28. The summed E-state index contributed by atoms with van der Waals surface area (Å²) in [5, 5.41) is 28.1. The molecule has 190 valence electrons. The highest BCUT2D eigenvalue weighted by Gasteiger charge is 2.14. The molecule has 0 aliphatic heterocycles. The van der Waals surface area contributed by atoms with Gasteiger partial charge in [-0.15, -0.1) is 10.2 Å². The second kappa shape index (κ2) is 10.0. The Bertz CT molecular complexity index is 1790. The van der Waals surface area contributed by atoms with Crippen LogP contribution < -0.4 is 0 Å². The van der Waals surface area contributed by atoms with Crippen LogP contribution in [-0.4, -0.2) is 61.2 Å². The Labute approximate surface area is 226 Å². The molecule has 0 saturated carbocycles. The molecular weight excluding hydrogens is 504 g/mol. The predicted molar refractivity (Wildman–Crippen MR) is 146 cm³/mol. The van der Waals surface area contributed by atoms with Crippen LogP contribution >= 0.6 is 0 Å². The number of rotatable bonds is 6. The largest absolute Gasteiger partial charge is 0.256 e. The first-order valence-electron chi connectivity index (χ1n) is 12.3. The number of hydrogen-bond donors (Lipinski definition) is 2. The van der Waals surface area contributed by atoms with E-state index in [1.165, 1.54) is 0 Å². The summed E-state index contributed by atoms with van der Waals surface area (Å²) in [6, 6.07) is 29.4. The average Bonchev–Trinajstić information content (AvgIpc) is 3.77. The topological polar surface area (TPSA) is 160 Å². The Balaban J connectivity index is 1.35. The van der Waals surface area contributed by atoms with Crippen LogP contribution in [0.25, 0.3) is 68.2 Å². The number of H-pyrrole nitrogens is 2. The second-order valence-corrected chi connectivity index (χ2v) is 8.73. The maximum atomic E-state index is 4.95. The van der Waals surface area contributed by atoms with E-state index >= 15 is 0 Å². The highest BCUT2D eigenvalue weighted by atomic mass is 15.5. The number of tetrazole rings is 2. The highest BCUT2D eigenvalue weighted by molar-refractivity contribution is 5.77. The first kappa shape index (κ1) is 23.1. The summed E-state index contributed by atoms with van der Waals surface area (Å²) in [6.07, 6.45) is 1.79. The molecule has 7 rings (SSSR count). The van der Waals surface area contributed by atoms with Crippen molar-refractivity contribution in [2.75, 3.05) is 0 Å². The van der Waals surface area contributed by atoms with Crippen molar-refractivity contribution in [1.82, 2.24) is 61.2 Å². The molecule has 40 heavy (non-hydrogen) atoms. The van der Waals surface area contributed by atoms with E-state index in [9.17, 15) is 0 Å². The Hall–Kier alpha value is -6.04. The molecule has 0 radical (unpaired) electrons. The molecule has 0 fully saturated rings. The number of nitrogens with zero attached hydrogens (tertiary/aromatic N) is 10. The molecule has 0 saturated heterocycles. The van der Waals surface area contributed by atoms with Gasteiger partial charge in [-0.3, -0.25) is 4.98 Å². The van der Waals surface area contributed by atoms with Crippen molar-refractivity contribution < 1.29 is 0 Å². The zero-order chi connectivity index (χ0) is 26.7. The van der Waals surface area contributed by atoms with Gasteiger partial charge in [0.2, 0.25) is 0 Å². The molecule has 0 aliphatic carbocycles. The Morgan fingerprint density at radius 3 is 1.48 bits per heavy atom. The van der Waals surface area contributed by atoms with Gasteiger partial charge < -0.3 is 0 Å². The van der Waals surface area contributed by atoms with Gasteiger partial charge in [-0.05, 0) is 80.5 Å². The molecule has 1 aromatic carbocycles. The Morgan fingerprint density at radius 2 is 0.950 bits per heavy atom. The van der Waals surface area contributed by atoms with E-state index in [1.54, 1.807) is 6.20 Å². The average molecular weight is 523 g/mol. The Kier molecular flexibility index (Phi) is 5.79. The van der Waals surface area contributed by atoms with Crippen LogP contribution in [0, 0.1) is 0 Å². The zero-order valence-electron chi connectivity index (χ0n) is 20.7. The van der Waals surface area contributed by atoms with E-state index in [2.05, 4.69) is 70.5 Å². The van der Waals surface area contributed by atoms with Crippen LogP contribution in [0.15, 0.2) is 97.2 Å². The van der Waals surface area contributed by atoms with E-state index in [4.69, 9.17) is 15.0 Å². The van der Waals surface area contributed by atoms with Gasteiger partial charge in [-0.1, -0.05) is 42.5 Å². The predicted octanol–water partition coefficient (Wildman–Crippen LogP) is 4.29. The molecule has 0 atom stereocenters. The molecule has 0 unspecified atom stereocenters. The van der Waals surface area contributed by atoms with Gasteiger partial charge >= 0.3 is 0 Å². The smallest absolute Gasteiger partial charge is 0.198 e. The minimum absolute atomic E-state index is 0.471. The highest BCUT2D eigenvalue weighted by Crippen LogP contribution is 2.31. The summed E-state index contributed by atoms with van der Waals surface area (Å²) in [7, 11) is 0. The normalized spacial score (nSPS) is 11.0. The fraction of sp³-hybridized carbons (Fsp3) is 0. The summed E-state index contributed by atoms with van der Waals surface area (Å²) < 4.78 is 0. The second-order valence-electron chi connectivity index (χ2n) is 8.73. The van der Waals surface area contributed by atoms with Gasteiger partial charge in [0.05, 0.1) is 28.5 Å². The first-order valence-corrected chi connectivity index (χ1v) is 12.3. The summed E-state index contributed by atoms with van der Waals surface area (Å²) in [5.74, 6) is 0.941. The molecule has 12 heteroatoms. The van der Waals surface area contributed by atoms with Crippen molar-refractivity contribution in [2.24, 2.45) is 0 Å². The van der Waals surface area contributed by atoms with Crippen LogP contribution in [0.1, 0.15) is 0 Å². The summed E-state index contributed by atoms with van der Waals surface area (Å²) in [4.78, 5) is 18.9. The maximum absolute atomic E-state index is 4.95. The molecule has 6 heterocycles. The third kappa shape index (κ3) is 4.56. The van der Waals surface area contributed by atoms with Crippen molar-refractivity contribution in [3.63, 3.8) is 0 Å². The lowest BCUT2D eigenvalue weighted by Crippen LogP contribution is -1.97. The number of hydrogen-bond acceptors (Lipinski definition) is 10. The van der Waals surface area contributed by atoms with Gasteiger partial charge in [0, 0.05) is 11.8 Å². The number of pyridine rings is 4. The minimum atomic E-state index is 0.471. The fourth-order valence-electron chi connectivity index (χ4n) is 4.28. The number of benzene rings is 1. The molecule has 7 aromatic rings. The third-order valence-corrected chi connectivity index (χ3v) is 6.20. The zero-order valence-corrected chi connectivity index (χ0v) is 20.7. The quantitative estimate of drug-likeness (QED) is 0.322. The number of nitrogens with one attached hydrogen (secondary N) is 2. The van der Waals surface area contributed by atoms with Crippen LogP contribution in [0.4, 0.5) is 0 Å². The van der Waals surface area contributed by atoms with Crippen LogP contribution in [0.3, 0.4) is 0 Å². The molecule has 6 aromatic heterocycles. The summed E-state index contributed by atoms with van der Waals surface area (Å²) >= 11 is 0.